The molecule has 1 saturated heterocycles. The third-order valence-electron chi connectivity index (χ3n) is 6.55. The lowest BCUT2D eigenvalue weighted by Crippen LogP contribution is -2.49. The predicted octanol–water partition coefficient (Wildman–Crippen LogP) is 4.25. The fourth-order valence-electron chi connectivity index (χ4n) is 4.51. The van der Waals surface area contributed by atoms with Gasteiger partial charge in [0.25, 0.3) is 5.91 Å². The lowest BCUT2D eigenvalue weighted by Gasteiger charge is -2.34. The summed E-state index contributed by atoms with van der Waals surface area (Å²) >= 11 is 0. The SMILES string of the molecule is O=C(c1ccc2c(c1)ncn2-c1ccc(OCc2ccc(OC(F)(F)F)cc2)cc1)N1CCN(CCO)CC1. The second kappa shape index (κ2) is 11.3. The monoisotopic (exact) mass is 540 g/mol. The van der Waals surface area contributed by atoms with Crippen LogP contribution >= 0.6 is 0 Å². The molecule has 0 aliphatic carbocycles. The molecule has 0 unspecified atom stereocenters. The fraction of sp³-hybridized carbons (Fsp3) is 0.286. The molecule has 8 nitrogen and oxygen atoms in total. The highest BCUT2D eigenvalue weighted by Gasteiger charge is 2.31. The zero-order chi connectivity index (χ0) is 27.4. The van der Waals surface area contributed by atoms with Crippen LogP contribution in [0.1, 0.15) is 15.9 Å². The van der Waals surface area contributed by atoms with Gasteiger partial charge in [-0.3, -0.25) is 14.3 Å². The molecule has 0 spiro atoms. The Morgan fingerprint density at radius 1 is 0.923 bits per heavy atom. The minimum atomic E-state index is -4.72. The van der Waals surface area contributed by atoms with Crippen molar-refractivity contribution in [2.75, 3.05) is 39.3 Å². The van der Waals surface area contributed by atoms with Crippen molar-refractivity contribution >= 4 is 16.9 Å². The van der Waals surface area contributed by atoms with Gasteiger partial charge in [-0.15, -0.1) is 13.2 Å². The van der Waals surface area contributed by atoms with Crippen molar-refractivity contribution < 1.29 is 32.5 Å². The van der Waals surface area contributed by atoms with Gasteiger partial charge < -0.3 is 19.5 Å². The van der Waals surface area contributed by atoms with Crippen molar-refractivity contribution in [3.05, 3.63) is 84.2 Å². The smallest absolute Gasteiger partial charge is 0.489 e. The van der Waals surface area contributed by atoms with Crippen molar-refractivity contribution in [1.29, 1.82) is 0 Å². The molecule has 0 bridgehead atoms. The van der Waals surface area contributed by atoms with Crippen LogP contribution in [0.4, 0.5) is 13.2 Å². The van der Waals surface area contributed by atoms with Crippen molar-refractivity contribution in [2.45, 2.75) is 13.0 Å². The molecule has 39 heavy (non-hydrogen) atoms. The number of amides is 1. The van der Waals surface area contributed by atoms with E-state index in [2.05, 4.69) is 14.6 Å². The molecule has 5 rings (SSSR count). The fourth-order valence-corrected chi connectivity index (χ4v) is 4.51. The number of alkyl halides is 3. The number of carbonyl (C=O) groups excluding carboxylic acids is 1. The van der Waals surface area contributed by atoms with E-state index in [1.165, 1.54) is 24.3 Å². The number of aromatic nitrogens is 2. The molecule has 1 amide bonds. The molecule has 0 saturated carbocycles. The Bertz CT molecular complexity index is 1410. The summed E-state index contributed by atoms with van der Waals surface area (Å²) in [6.45, 7) is 3.65. The summed E-state index contributed by atoms with van der Waals surface area (Å²) in [5.41, 5.74) is 3.71. The number of hydrogen-bond acceptors (Lipinski definition) is 6. The van der Waals surface area contributed by atoms with Crippen LogP contribution in [0.25, 0.3) is 16.7 Å². The maximum absolute atomic E-state index is 13.0. The van der Waals surface area contributed by atoms with Gasteiger partial charge in [-0.25, -0.2) is 4.98 Å². The van der Waals surface area contributed by atoms with Crippen LogP contribution in [-0.2, 0) is 6.61 Å². The van der Waals surface area contributed by atoms with Crippen LogP contribution < -0.4 is 9.47 Å². The average molecular weight is 541 g/mol. The van der Waals surface area contributed by atoms with Gasteiger partial charge in [0, 0.05) is 44.0 Å². The number of fused-ring (bicyclic) bond motifs is 1. The highest BCUT2D eigenvalue weighted by atomic mass is 19.4. The van der Waals surface area contributed by atoms with E-state index >= 15 is 0 Å². The topological polar surface area (TPSA) is 80.1 Å². The molecule has 11 heteroatoms. The van der Waals surface area contributed by atoms with Gasteiger partial charge in [0.05, 0.1) is 17.6 Å². The van der Waals surface area contributed by atoms with Crippen LogP contribution in [0.2, 0.25) is 0 Å². The Balaban J connectivity index is 1.21. The first-order valence-electron chi connectivity index (χ1n) is 12.5. The zero-order valence-corrected chi connectivity index (χ0v) is 21.0. The van der Waals surface area contributed by atoms with E-state index in [-0.39, 0.29) is 24.9 Å². The second-order valence-corrected chi connectivity index (χ2v) is 9.15. The van der Waals surface area contributed by atoms with Crippen LogP contribution in [0.3, 0.4) is 0 Å². The number of benzene rings is 3. The van der Waals surface area contributed by atoms with E-state index in [1.54, 1.807) is 24.5 Å². The van der Waals surface area contributed by atoms with Crippen molar-refractivity contribution in [3.8, 4) is 17.2 Å². The van der Waals surface area contributed by atoms with Crippen molar-refractivity contribution in [3.63, 3.8) is 0 Å². The second-order valence-electron chi connectivity index (χ2n) is 9.15. The number of β-amino-alcohol motifs (C(OH)–C–C–N with tert-alkyl or cyclic N) is 1. The van der Waals surface area contributed by atoms with E-state index < -0.39 is 6.36 Å². The van der Waals surface area contributed by atoms with Crippen molar-refractivity contribution in [1.82, 2.24) is 19.4 Å². The molecule has 2 heterocycles. The summed E-state index contributed by atoms with van der Waals surface area (Å²) < 4.78 is 48.5. The van der Waals surface area contributed by atoms with Crippen LogP contribution in [-0.4, -0.2) is 76.1 Å². The van der Waals surface area contributed by atoms with Crippen LogP contribution in [0.5, 0.6) is 11.5 Å². The van der Waals surface area contributed by atoms with E-state index in [0.29, 0.717) is 42.0 Å². The first-order chi connectivity index (χ1) is 18.8. The quantitative estimate of drug-likeness (QED) is 0.360. The Kier molecular flexibility index (Phi) is 7.71. The normalized spacial score (nSPS) is 14.5. The Labute approximate surface area is 222 Å². The maximum atomic E-state index is 13.0. The summed E-state index contributed by atoms with van der Waals surface area (Å²) in [4.78, 5) is 21.5. The lowest BCUT2D eigenvalue weighted by atomic mass is 10.1. The molecule has 1 aliphatic rings. The van der Waals surface area contributed by atoms with E-state index in [0.717, 1.165) is 24.3 Å². The molecular weight excluding hydrogens is 513 g/mol. The number of nitrogens with zero attached hydrogens (tertiary/aromatic N) is 4. The van der Waals surface area contributed by atoms with Gasteiger partial charge in [-0.05, 0) is 60.2 Å². The number of halogens is 3. The number of rotatable bonds is 8. The minimum Gasteiger partial charge on any atom is -0.489 e. The molecule has 0 atom stereocenters. The third-order valence-corrected chi connectivity index (χ3v) is 6.55. The summed E-state index contributed by atoms with van der Waals surface area (Å²) in [5, 5.41) is 9.10. The van der Waals surface area contributed by atoms with Gasteiger partial charge in [0.15, 0.2) is 0 Å². The number of hydrogen-bond donors (Lipinski definition) is 1. The summed E-state index contributed by atoms with van der Waals surface area (Å²) in [6, 6.07) is 18.4. The average Bonchev–Trinajstić information content (AvgIpc) is 3.36. The lowest BCUT2D eigenvalue weighted by molar-refractivity contribution is -0.274. The number of ether oxygens (including phenoxy) is 2. The highest BCUT2D eigenvalue weighted by Crippen LogP contribution is 2.25. The number of aliphatic hydroxyl groups is 1. The standard InChI is InChI=1S/C28H27F3N4O4/c29-28(30,31)39-24-6-1-20(2-7-24)18-38-23-8-4-22(5-9-23)35-19-32-25-17-21(3-10-26(25)35)27(37)34-13-11-33(12-14-34)15-16-36/h1-10,17,19,36H,11-16,18H2. The van der Waals surface area contributed by atoms with Crippen LogP contribution in [0, 0.1) is 0 Å². The van der Waals surface area contributed by atoms with E-state index in [1.807, 2.05) is 33.7 Å². The Hall–Kier alpha value is -4.09. The maximum Gasteiger partial charge on any atom is 0.573 e. The number of carbonyl (C=O) groups is 1. The zero-order valence-electron chi connectivity index (χ0n) is 21.0. The Morgan fingerprint density at radius 2 is 1.62 bits per heavy atom. The highest BCUT2D eigenvalue weighted by molar-refractivity contribution is 5.97. The number of piperazine rings is 1. The van der Waals surface area contributed by atoms with E-state index in [4.69, 9.17) is 9.84 Å². The van der Waals surface area contributed by atoms with Gasteiger partial charge >= 0.3 is 6.36 Å². The van der Waals surface area contributed by atoms with Gasteiger partial charge in [-0.2, -0.15) is 0 Å². The van der Waals surface area contributed by atoms with Crippen molar-refractivity contribution in [2.24, 2.45) is 0 Å². The largest absolute Gasteiger partial charge is 0.573 e. The van der Waals surface area contributed by atoms with Gasteiger partial charge in [0.1, 0.15) is 24.4 Å². The first-order valence-corrected chi connectivity index (χ1v) is 12.5. The van der Waals surface area contributed by atoms with Crippen LogP contribution in [0.15, 0.2) is 73.1 Å². The minimum absolute atomic E-state index is 0.0286. The molecular formula is C28H27F3N4O4. The number of imidazole rings is 1. The van der Waals surface area contributed by atoms with Gasteiger partial charge in [-0.1, -0.05) is 12.1 Å². The predicted molar refractivity (Wildman–Crippen MR) is 138 cm³/mol. The molecule has 1 fully saturated rings. The molecule has 1 N–H and O–H groups in total. The molecule has 1 aromatic heterocycles. The molecule has 0 radical (unpaired) electrons. The van der Waals surface area contributed by atoms with E-state index in [9.17, 15) is 18.0 Å². The summed E-state index contributed by atoms with van der Waals surface area (Å²) in [6.07, 6.45) is -3.02. The summed E-state index contributed by atoms with van der Waals surface area (Å²) in [5.74, 6) is 0.293. The Morgan fingerprint density at radius 3 is 2.28 bits per heavy atom. The number of aliphatic hydroxyl groups excluding tert-OH is 1. The molecule has 204 valence electrons. The third kappa shape index (κ3) is 6.50. The van der Waals surface area contributed by atoms with Gasteiger partial charge in [0.2, 0.25) is 0 Å². The molecule has 1 aliphatic heterocycles. The summed E-state index contributed by atoms with van der Waals surface area (Å²) in [7, 11) is 0. The molecule has 3 aromatic carbocycles. The first kappa shape index (κ1) is 26.5. The molecule has 4 aromatic rings.